The lowest BCUT2D eigenvalue weighted by atomic mass is 10.1. The molecule has 11 heteroatoms. The van der Waals surface area contributed by atoms with E-state index in [1.165, 1.54) is 6.33 Å². The molecule has 0 saturated carbocycles. The molecule has 1 aliphatic rings. The van der Waals surface area contributed by atoms with Crippen molar-refractivity contribution in [3.8, 4) is 22.8 Å². The smallest absolute Gasteiger partial charge is 0.255 e. The van der Waals surface area contributed by atoms with Crippen LogP contribution in [0.3, 0.4) is 0 Å². The molecule has 0 spiro atoms. The van der Waals surface area contributed by atoms with E-state index in [4.69, 9.17) is 0 Å². The van der Waals surface area contributed by atoms with Crippen molar-refractivity contribution in [3.63, 3.8) is 0 Å². The highest BCUT2D eigenvalue weighted by molar-refractivity contribution is 7.91. The van der Waals surface area contributed by atoms with Gasteiger partial charge in [-0.3, -0.25) is 14.8 Å². The summed E-state index contributed by atoms with van der Waals surface area (Å²) in [6.07, 6.45) is 4.73. The number of nitrogens with one attached hydrogen (secondary N) is 2. The normalized spacial score (nSPS) is 15.5. The number of anilines is 1. The van der Waals surface area contributed by atoms with Crippen molar-refractivity contribution >= 4 is 21.4 Å². The zero-order chi connectivity index (χ0) is 24.3. The van der Waals surface area contributed by atoms with Crippen molar-refractivity contribution in [1.82, 2.24) is 30.0 Å². The van der Waals surface area contributed by atoms with E-state index in [2.05, 4.69) is 35.4 Å². The summed E-state index contributed by atoms with van der Waals surface area (Å²) in [6, 6.07) is 14.7. The second kappa shape index (κ2) is 9.72. The van der Waals surface area contributed by atoms with Crippen LogP contribution < -0.4 is 5.32 Å². The Morgan fingerprint density at radius 3 is 2.49 bits per heavy atom. The van der Waals surface area contributed by atoms with Crippen molar-refractivity contribution in [1.29, 1.82) is 0 Å². The minimum Gasteiger partial charge on any atom is -0.322 e. The summed E-state index contributed by atoms with van der Waals surface area (Å²) in [5.74, 6) is 1.24. The van der Waals surface area contributed by atoms with E-state index in [0.717, 1.165) is 11.1 Å². The zero-order valence-electron chi connectivity index (χ0n) is 18.8. The van der Waals surface area contributed by atoms with Gasteiger partial charge in [-0.25, -0.2) is 23.4 Å². The number of hydrogen-bond donors (Lipinski definition) is 2. The van der Waals surface area contributed by atoms with E-state index in [-0.39, 0.29) is 17.4 Å². The molecule has 3 heterocycles. The molecule has 0 atom stereocenters. The van der Waals surface area contributed by atoms with Gasteiger partial charge in [0.05, 0.1) is 17.1 Å². The third-order valence-corrected chi connectivity index (χ3v) is 7.36. The Kier molecular flexibility index (Phi) is 6.34. The number of hydrogen-bond acceptors (Lipinski definition) is 8. The summed E-state index contributed by atoms with van der Waals surface area (Å²) >= 11 is 0. The van der Waals surface area contributed by atoms with Crippen LogP contribution in [-0.2, 0) is 16.4 Å². The Labute approximate surface area is 202 Å². The number of benzene rings is 2. The second-order valence-corrected chi connectivity index (χ2v) is 10.6. The Balaban J connectivity index is 1.22. The topological polar surface area (TPSA) is 134 Å². The lowest BCUT2D eigenvalue weighted by Gasteiger charge is -2.26. The third kappa shape index (κ3) is 5.58. The Bertz CT molecular complexity index is 1420. The molecule has 2 N–H and O–H groups in total. The standard InChI is InChI=1S/C24H23N7O3S/c32-24(19-3-1-2-17(12-19)15-31-8-10-35(33,34)11-9-31)27-21-6-4-18(5-7-21)22-28-23(30-29-22)20-13-25-16-26-14-20/h1-7,12-14,16H,8-11,15H2,(H,27,32)(H,28,29,30). The van der Waals surface area contributed by atoms with Crippen LogP contribution in [0.1, 0.15) is 15.9 Å². The van der Waals surface area contributed by atoms with Gasteiger partial charge < -0.3 is 5.32 Å². The SMILES string of the molecule is O=C(Nc1ccc(-c2nc(-c3cncnc3)n[nH]2)cc1)c1cccc(CN2CCS(=O)(=O)CC2)c1. The molecule has 2 aromatic carbocycles. The van der Waals surface area contributed by atoms with Gasteiger partial charge in [0.1, 0.15) is 6.33 Å². The number of H-pyrrole nitrogens is 1. The highest BCUT2D eigenvalue weighted by Crippen LogP contribution is 2.21. The number of aromatic amines is 1. The average molecular weight is 490 g/mol. The van der Waals surface area contributed by atoms with Crippen LogP contribution >= 0.6 is 0 Å². The van der Waals surface area contributed by atoms with Gasteiger partial charge in [0.25, 0.3) is 5.91 Å². The lowest BCUT2D eigenvalue weighted by Crippen LogP contribution is -2.39. The van der Waals surface area contributed by atoms with Gasteiger partial charge in [0.2, 0.25) is 0 Å². The molecular formula is C24H23N7O3S. The predicted molar refractivity (Wildman–Crippen MR) is 131 cm³/mol. The number of carbonyl (C=O) groups is 1. The summed E-state index contributed by atoms with van der Waals surface area (Å²) < 4.78 is 23.3. The van der Waals surface area contributed by atoms with Crippen LogP contribution in [0.4, 0.5) is 5.69 Å². The maximum Gasteiger partial charge on any atom is 0.255 e. The van der Waals surface area contributed by atoms with Crippen LogP contribution in [0, 0.1) is 0 Å². The van der Waals surface area contributed by atoms with E-state index in [0.29, 0.717) is 48.1 Å². The zero-order valence-corrected chi connectivity index (χ0v) is 19.6. The highest BCUT2D eigenvalue weighted by atomic mass is 32.2. The van der Waals surface area contributed by atoms with Crippen molar-refractivity contribution in [2.24, 2.45) is 0 Å². The van der Waals surface area contributed by atoms with Crippen LogP contribution in [0.2, 0.25) is 0 Å². The average Bonchev–Trinajstić information content (AvgIpc) is 3.37. The molecule has 5 rings (SSSR count). The van der Waals surface area contributed by atoms with Crippen molar-refractivity contribution in [2.45, 2.75) is 6.54 Å². The monoisotopic (exact) mass is 489 g/mol. The van der Waals surface area contributed by atoms with Gasteiger partial charge in [0, 0.05) is 48.8 Å². The van der Waals surface area contributed by atoms with Crippen LogP contribution in [0.25, 0.3) is 22.8 Å². The van der Waals surface area contributed by atoms with E-state index in [1.807, 2.05) is 30.3 Å². The molecule has 0 unspecified atom stereocenters. The summed E-state index contributed by atoms with van der Waals surface area (Å²) in [6.45, 7) is 1.63. The fourth-order valence-electron chi connectivity index (χ4n) is 3.83. The van der Waals surface area contributed by atoms with Gasteiger partial charge in [-0.15, -0.1) is 0 Å². The Hall–Kier alpha value is -3.96. The molecule has 35 heavy (non-hydrogen) atoms. The van der Waals surface area contributed by atoms with E-state index in [9.17, 15) is 13.2 Å². The quantitative estimate of drug-likeness (QED) is 0.422. The first-order valence-corrected chi connectivity index (χ1v) is 12.9. The van der Waals surface area contributed by atoms with Crippen molar-refractivity contribution < 1.29 is 13.2 Å². The molecule has 1 amide bonds. The van der Waals surface area contributed by atoms with Crippen molar-refractivity contribution in [2.75, 3.05) is 29.9 Å². The fraction of sp³-hybridized carbons (Fsp3) is 0.208. The second-order valence-electron chi connectivity index (χ2n) is 8.29. The molecule has 0 bridgehead atoms. The van der Waals surface area contributed by atoms with Crippen LogP contribution in [-0.4, -0.2) is 69.0 Å². The Morgan fingerprint density at radius 2 is 1.74 bits per heavy atom. The maximum atomic E-state index is 12.8. The third-order valence-electron chi connectivity index (χ3n) is 5.75. The van der Waals surface area contributed by atoms with Crippen LogP contribution in [0.15, 0.2) is 67.3 Å². The van der Waals surface area contributed by atoms with Gasteiger partial charge >= 0.3 is 0 Å². The number of nitrogens with zero attached hydrogens (tertiary/aromatic N) is 5. The summed E-state index contributed by atoms with van der Waals surface area (Å²) in [7, 11) is -2.92. The molecule has 1 aliphatic heterocycles. The van der Waals surface area contributed by atoms with Crippen LogP contribution in [0.5, 0.6) is 0 Å². The largest absolute Gasteiger partial charge is 0.322 e. The highest BCUT2D eigenvalue weighted by Gasteiger charge is 2.21. The molecule has 0 radical (unpaired) electrons. The summed E-state index contributed by atoms with van der Waals surface area (Å²) in [5.41, 5.74) is 3.70. The van der Waals surface area contributed by atoms with Gasteiger partial charge in [-0.05, 0) is 42.0 Å². The minimum atomic E-state index is -2.92. The summed E-state index contributed by atoms with van der Waals surface area (Å²) in [5, 5.41) is 10.0. The van der Waals surface area contributed by atoms with Gasteiger partial charge in [-0.1, -0.05) is 12.1 Å². The molecular weight excluding hydrogens is 466 g/mol. The van der Waals surface area contributed by atoms with E-state index < -0.39 is 9.84 Å². The molecule has 10 nitrogen and oxygen atoms in total. The molecule has 2 aromatic heterocycles. The minimum absolute atomic E-state index is 0.180. The molecule has 1 fully saturated rings. The maximum absolute atomic E-state index is 12.8. The Morgan fingerprint density at radius 1 is 1.00 bits per heavy atom. The molecule has 1 saturated heterocycles. The molecule has 178 valence electrons. The molecule has 0 aliphatic carbocycles. The first-order chi connectivity index (χ1) is 16.9. The van der Waals surface area contributed by atoms with E-state index >= 15 is 0 Å². The summed E-state index contributed by atoms with van der Waals surface area (Å²) in [4.78, 5) is 27.3. The van der Waals surface area contributed by atoms with Gasteiger partial charge in [-0.2, -0.15) is 5.10 Å². The van der Waals surface area contributed by atoms with E-state index in [1.54, 1.807) is 30.6 Å². The van der Waals surface area contributed by atoms with Gasteiger partial charge in [0.15, 0.2) is 21.5 Å². The number of rotatable bonds is 6. The number of aromatic nitrogens is 5. The van der Waals surface area contributed by atoms with Crippen molar-refractivity contribution in [3.05, 3.63) is 78.4 Å². The first-order valence-electron chi connectivity index (χ1n) is 11.1. The molecule has 4 aromatic rings. The lowest BCUT2D eigenvalue weighted by molar-refractivity contribution is 0.102. The predicted octanol–water partition coefficient (Wildman–Crippen LogP) is 2.41. The fourth-order valence-corrected chi connectivity index (χ4v) is 5.10. The number of amides is 1. The number of sulfone groups is 1. The first kappa shape index (κ1) is 22.8. The number of carbonyl (C=O) groups excluding carboxylic acids is 1.